The molecule has 1 aliphatic carbocycles. The number of methoxy groups -OCH3 is 1. The third-order valence-corrected chi connectivity index (χ3v) is 3.47. The summed E-state index contributed by atoms with van der Waals surface area (Å²) in [5, 5.41) is 12.6. The highest BCUT2D eigenvalue weighted by molar-refractivity contribution is 5.95. The van der Waals surface area contributed by atoms with E-state index in [0.29, 0.717) is 17.2 Å². The molecular formula is C14H19NO3. The van der Waals surface area contributed by atoms with Gasteiger partial charge in [-0.25, -0.2) is 0 Å². The number of amides is 1. The Bertz CT molecular complexity index is 445. The van der Waals surface area contributed by atoms with E-state index in [1.165, 1.54) is 19.6 Å². The van der Waals surface area contributed by atoms with Gasteiger partial charge in [0.1, 0.15) is 0 Å². The van der Waals surface area contributed by atoms with Crippen LogP contribution in [0.1, 0.15) is 36.5 Å². The Kier molecular flexibility index (Phi) is 3.75. The van der Waals surface area contributed by atoms with Gasteiger partial charge in [0.2, 0.25) is 0 Å². The van der Waals surface area contributed by atoms with E-state index >= 15 is 0 Å². The number of ether oxygens (including phenoxy) is 1. The lowest BCUT2D eigenvalue weighted by Crippen LogP contribution is -2.32. The van der Waals surface area contributed by atoms with E-state index in [-0.39, 0.29) is 17.7 Å². The van der Waals surface area contributed by atoms with E-state index in [1.54, 1.807) is 12.1 Å². The van der Waals surface area contributed by atoms with Gasteiger partial charge in [0.25, 0.3) is 5.91 Å². The zero-order chi connectivity index (χ0) is 13.1. The van der Waals surface area contributed by atoms with Crippen molar-refractivity contribution in [1.82, 2.24) is 5.32 Å². The Morgan fingerprint density at radius 1 is 1.44 bits per heavy atom. The molecule has 0 spiro atoms. The molecule has 1 amide bonds. The maximum Gasteiger partial charge on any atom is 0.251 e. The standard InChI is InChI=1S/C14H19NO3/c1-9-3-5-11(7-9)15-14(17)10-4-6-13(18-2)12(16)8-10/h4,6,8-9,11,16H,3,5,7H2,1-2H3,(H,15,17). The predicted molar refractivity (Wildman–Crippen MR) is 68.9 cm³/mol. The van der Waals surface area contributed by atoms with Gasteiger partial charge >= 0.3 is 0 Å². The number of hydrogen-bond acceptors (Lipinski definition) is 3. The molecule has 0 heterocycles. The van der Waals surface area contributed by atoms with Crippen LogP contribution >= 0.6 is 0 Å². The average molecular weight is 249 g/mol. The maximum absolute atomic E-state index is 12.0. The van der Waals surface area contributed by atoms with Gasteiger partial charge in [-0.3, -0.25) is 4.79 Å². The molecule has 1 saturated carbocycles. The van der Waals surface area contributed by atoms with Gasteiger partial charge in [-0.2, -0.15) is 0 Å². The Morgan fingerprint density at radius 3 is 2.78 bits per heavy atom. The molecule has 0 saturated heterocycles. The number of carbonyl (C=O) groups is 1. The van der Waals surface area contributed by atoms with Gasteiger partial charge in [-0.15, -0.1) is 0 Å². The third-order valence-electron chi connectivity index (χ3n) is 3.47. The fraction of sp³-hybridized carbons (Fsp3) is 0.500. The molecule has 2 N–H and O–H groups in total. The molecular weight excluding hydrogens is 230 g/mol. The van der Waals surface area contributed by atoms with Gasteiger partial charge < -0.3 is 15.2 Å². The summed E-state index contributed by atoms with van der Waals surface area (Å²) in [5.41, 5.74) is 0.466. The van der Waals surface area contributed by atoms with Gasteiger partial charge in [0, 0.05) is 11.6 Å². The van der Waals surface area contributed by atoms with E-state index in [0.717, 1.165) is 12.8 Å². The number of nitrogens with one attached hydrogen (secondary N) is 1. The van der Waals surface area contributed by atoms with Crippen LogP contribution in [-0.2, 0) is 0 Å². The molecule has 0 aliphatic heterocycles. The van der Waals surface area contributed by atoms with E-state index in [4.69, 9.17) is 4.74 Å². The topological polar surface area (TPSA) is 58.6 Å². The highest BCUT2D eigenvalue weighted by atomic mass is 16.5. The monoisotopic (exact) mass is 249 g/mol. The normalized spacial score (nSPS) is 22.8. The Balaban J connectivity index is 2.02. The minimum Gasteiger partial charge on any atom is -0.504 e. The van der Waals surface area contributed by atoms with Crippen LogP contribution < -0.4 is 10.1 Å². The molecule has 98 valence electrons. The number of phenolic OH excluding ortho intramolecular Hbond substituents is 1. The largest absolute Gasteiger partial charge is 0.504 e. The molecule has 4 heteroatoms. The third kappa shape index (κ3) is 2.75. The highest BCUT2D eigenvalue weighted by Gasteiger charge is 2.23. The van der Waals surface area contributed by atoms with E-state index in [2.05, 4.69) is 12.2 Å². The molecule has 0 radical (unpaired) electrons. The molecule has 0 bridgehead atoms. The summed E-state index contributed by atoms with van der Waals surface area (Å²) in [5.74, 6) is 0.914. The van der Waals surface area contributed by atoms with Crippen LogP contribution in [0.2, 0.25) is 0 Å². The van der Waals surface area contributed by atoms with Crippen molar-refractivity contribution >= 4 is 5.91 Å². The van der Waals surface area contributed by atoms with Gasteiger partial charge in [0.15, 0.2) is 11.5 Å². The van der Waals surface area contributed by atoms with Crippen molar-refractivity contribution in [3.05, 3.63) is 23.8 Å². The van der Waals surface area contributed by atoms with Crippen molar-refractivity contribution in [2.45, 2.75) is 32.2 Å². The fourth-order valence-electron chi connectivity index (χ4n) is 2.44. The summed E-state index contributed by atoms with van der Waals surface area (Å²) in [7, 11) is 1.48. The summed E-state index contributed by atoms with van der Waals surface area (Å²) < 4.78 is 4.95. The maximum atomic E-state index is 12.0. The van der Waals surface area contributed by atoms with Crippen molar-refractivity contribution in [2.75, 3.05) is 7.11 Å². The van der Waals surface area contributed by atoms with Crippen LogP contribution in [0, 0.1) is 5.92 Å². The van der Waals surface area contributed by atoms with Crippen LogP contribution in [-0.4, -0.2) is 24.2 Å². The molecule has 2 unspecified atom stereocenters. The Morgan fingerprint density at radius 2 is 2.22 bits per heavy atom. The Hall–Kier alpha value is -1.71. The number of carbonyl (C=O) groups excluding carboxylic acids is 1. The molecule has 1 aliphatic rings. The highest BCUT2D eigenvalue weighted by Crippen LogP contribution is 2.27. The Labute approximate surface area is 107 Å². The summed E-state index contributed by atoms with van der Waals surface area (Å²) in [4.78, 5) is 12.0. The molecule has 18 heavy (non-hydrogen) atoms. The fourth-order valence-corrected chi connectivity index (χ4v) is 2.44. The van der Waals surface area contributed by atoms with Gasteiger partial charge in [-0.05, 0) is 43.4 Å². The minimum atomic E-state index is -0.132. The summed E-state index contributed by atoms with van der Waals surface area (Å²) in [6.07, 6.45) is 3.24. The van der Waals surface area contributed by atoms with Crippen molar-refractivity contribution in [1.29, 1.82) is 0 Å². The van der Waals surface area contributed by atoms with Crippen LogP contribution in [0.5, 0.6) is 11.5 Å². The summed E-state index contributed by atoms with van der Waals surface area (Å²) in [6.45, 7) is 2.20. The quantitative estimate of drug-likeness (QED) is 0.864. The molecule has 1 aromatic carbocycles. The van der Waals surface area contributed by atoms with Gasteiger partial charge in [-0.1, -0.05) is 6.92 Å². The first-order valence-electron chi connectivity index (χ1n) is 6.28. The number of phenols is 1. The lowest BCUT2D eigenvalue weighted by Gasteiger charge is -2.13. The molecule has 2 rings (SSSR count). The second-order valence-electron chi connectivity index (χ2n) is 4.98. The second-order valence-corrected chi connectivity index (χ2v) is 4.98. The van der Waals surface area contributed by atoms with Crippen molar-refractivity contribution in [3.63, 3.8) is 0 Å². The molecule has 1 aromatic rings. The van der Waals surface area contributed by atoms with Crippen molar-refractivity contribution in [2.24, 2.45) is 5.92 Å². The first-order valence-corrected chi connectivity index (χ1v) is 6.28. The minimum absolute atomic E-state index is 0.00931. The molecule has 0 aromatic heterocycles. The first kappa shape index (κ1) is 12.7. The van der Waals surface area contributed by atoms with Crippen LogP contribution in [0.3, 0.4) is 0 Å². The van der Waals surface area contributed by atoms with E-state index in [9.17, 15) is 9.90 Å². The van der Waals surface area contributed by atoms with E-state index < -0.39 is 0 Å². The van der Waals surface area contributed by atoms with Crippen LogP contribution in [0.25, 0.3) is 0 Å². The zero-order valence-corrected chi connectivity index (χ0v) is 10.8. The first-order chi connectivity index (χ1) is 8.60. The number of aromatic hydroxyl groups is 1. The number of rotatable bonds is 3. The number of hydrogen-bond donors (Lipinski definition) is 2. The lowest BCUT2D eigenvalue weighted by molar-refractivity contribution is 0.0937. The second kappa shape index (κ2) is 5.29. The summed E-state index contributed by atoms with van der Waals surface area (Å²) in [6, 6.07) is 4.96. The van der Waals surface area contributed by atoms with Gasteiger partial charge in [0.05, 0.1) is 7.11 Å². The predicted octanol–water partition coefficient (Wildman–Crippen LogP) is 2.32. The van der Waals surface area contributed by atoms with Crippen molar-refractivity contribution < 1.29 is 14.6 Å². The number of benzene rings is 1. The lowest BCUT2D eigenvalue weighted by atomic mass is 10.1. The average Bonchev–Trinajstić information content (AvgIpc) is 2.74. The molecule has 2 atom stereocenters. The zero-order valence-electron chi connectivity index (χ0n) is 10.8. The van der Waals surface area contributed by atoms with Crippen LogP contribution in [0.4, 0.5) is 0 Å². The molecule has 1 fully saturated rings. The van der Waals surface area contributed by atoms with E-state index in [1.807, 2.05) is 0 Å². The summed E-state index contributed by atoms with van der Waals surface area (Å²) >= 11 is 0. The SMILES string of the molecule is COc1ccc(C(=O)NC2CCC(C)C2)cc1O. The molecule has 4 nitrogen and oxygen atoms in total. The van der Waals surface area contributed by atoms with Crippen molar-refractivity contribution in [3.8, 4) is 11.5 Å². The van der Waals surface area contributed by atoms with Crippen LogP contribution in [0.15, 0.2) is 18.2 Å². The smallest absolute Gasteiger partial charge is 0.251 e.